The molecule has 1 amide bonds. The maximum absolute atomic E-state index is 11.4. The normalized spacial score (nSPS) is 19.9. The first-order valence-corrected chi connectivity index (χ1v) is 6.52. The zero-order chi connectivity index (χ0) is 13.0. The molecule has 1 heterocycles. The Hall–Kier alpha value is -1.10. The Morgan fingerprint density at radius 2 is 2.17 bits per heavy atom. The smallest absolute Gasteiger partial charge is 0.239 e. The molecule has 2 N–H and O–H groups in total. The van der Waals surface area contributed by atoms with Gasteiger partial charge in [-0.05, 0) is 17.5 Å². The fourth-order valence-electron chi connectivity index (χ4n) is 2.01. The number of nitrogens with zero attached hydrogens (tertiary/aromatic N) is 1. The molecule has 1 aromatic rings. The number of hydrogen-bond acceptors (Lipinski definition) is 3. The number of nitrogens with two attached hydrogens (primary N) is 1. The molecule has 1 atom stereocenters. The van der Waals surface area contributed by atoms with Crippen molar-refractivity contribution in [1.29, 1.82) is 0 Å². The summed E-state index contributed by atoms with van der Waals surface area (Å²) >= 11 is 5.51. The molecular formula is C13H17ClN2O2. The summed E-state index contributed by atoms with van der Waals surface area (Å²) in [7, 11) is 0. The predicted octanol–water partition coefficient (Wildman–Crippen LogP) is 1.63. The molecule has 0 spiro atoms. The average molecular weight is 269 g/mol. The van der Waals surface area contributed by atoms with Crippen molar-refractivity contribution in [3.8, 4) is 0 Å². The zero-order valence-corrected chi connectivity index (χ0v) is 10.9. The summed E-state index contributed by atoms with van der Waals surface area (Å²) in [4.78, 5) is 13.0. The van der Waals surface area contributed by atoms with Crippen LogP contribution in [0.2, 0.25) is 0 Å². The fourth-order valence-corrected chi connectivity index (χ4v) is 2.18. The van der Waals surface area contributed by atoms with Crippen LogP contribution in [0.5, 0.6) is 0 Å². The summed E-state index contributed by atoms with van der Waals surface area (Å²) in [5, 5.41) is 0. The van der Waals surface area contributed by atoms with Crippen LogP contribution < -0.4 is 5.73 Å². The minimum Gasteiger partial charge on any atom is -0.353 e. The van der Waals surface area contributed by atoms with Gasteiger partial charge in [-0.15, -0.1) is 11.6 Å². The molecule has 1 aromatic carbocycles. The van der Waals surface area contributed by atoms with Crippen LogP contribution in [-0.2, 0) is 16.1 Å². The van der Waals surface area contributed by atoms with Gasteiger partial charge in [-0.2, -0.15) is 0 Å². The monoisotopic (exact) mass is 268 g/mol. The van der Waals surface area contributed by atoms with Gasteiger partial charge in [0.2, 0.25) is 5.91 Å². The number of benzene rings is 1. The molecule has 2 rings (SSSR count). The Morgan fingerprint density at radius 3 is 2.67 bits per heavy atom. The lowest BCUT2D eigenvalue weighted by atomic mass is 10.0. The molecule has 0 radical (unpaired) electrons. The Labute approximate surface area is 112 Å². The number of alkyl halides is 1. The van der Waals surface area contributed by atoms with Crippen molar-refractivity contribution in [3.05, 3.63) is 35.4 Å². The highest BCUT2D eigenvalue weighted by Gasteiger charge is 2.23. The lowest BCUT2D eigenvalue weighted by molar-refractivity contribution is -0.143. The Morgan fingerprint density at radius 1 is 1.44 bits per heavy atom. The Bertz CT molecular complexity index is 400. The summed E-state index contributed by atoms with van der Waals surface area (Å²) in [5.74, 6) is -0.0623. The topological polar surface area (TPSA) is 55.6 Å². The third-order valence-corrected chi connectivity index (χ3v) is 3.38. The van der Waals surface area contributed by atoms with Crippen LogP contribution in [0.15, 0.2) is 24.3 Å². The lowest BCUT2D eigenvalue weighted by Gasteiger charge is -2.32. The Balaban J connectivity index is 1.94. The maximum Gasteiger partial charge on any atom is 0.239 e. The highest BCUT2D eigenvalue weighted by atomic mass is 35.5. The first kappa shape index (κ1) is 13.3. The third-order valence-electron chi connectivity index (χ3n) is 3.15. The van der Waals surface area contributed by atoms with E-state index in [2.05, 4.69) is 0 Å². The number of amides is 1. The van der Waals surface area contributed by atoms with Crippen LogP contribution in [0.3, 0.4) is 0 Å². The van der Waals surface area contributed by atoms with Gasteiger partial charge >= 0.3 is 0 Å². The zero-order valence-electron chi connectivity index (χ0n) is 10.1. The van der Waals surface area contributed by atoms with Crippen molar-refractivity contribution >= 4 is 17.5 Å². The summed E-state index contributed by atoms with van der Waals surface area (Å²) in [6.07, 6.45) is 0.848. The molecule has 4 nitrogen and oxygen atoms in total. The lowest BCUT2D eigenvalue weighted by Crippen LogP contribution is -2.39. The molecule has 18 heavy (non-hydrogen) atoms. The molecule has 0 aromatic heterocycles. The summed E-state index contributed by atoms with van der Waals surface area (Å²) in [6.45, 7) is 1.55. The van der Waals surface area contributed by atoms with Crippen molar-refractivity contribution in [2.24, 2.45) is 5.73 Å². The molecule has 1 aliphatic rings. The van der Waals surface area contributed by atoms with Gasteiger partial charge in [-0.1, -0.05) is 24.3 Å². The van der Waals surface area contributed by atoms with Crippen LogP contribution in [0.4, 0.5) is 0 Å². The van der Waals surface area contributed by atoms with E-state index in [1.54, 1.807) is 4.90 Å². The highest BCUT2D eigenvalue weighted by Crippen LogP contribution is 2.25. The summed E-state index contributed by atoms with van der Waals surface area (Å²) in [5.41, 5.74) is 7.79. The van der Waals surface area contributed by atoms with E-state index in [4.69, 9.17) is 22.1 Å². The molecule has 98 valence electrons. The maximum atomic E-state index is 11.4. The number of hydrogen-bond donors (Lipinski definition) is 1. The van der Waals surface area contributed by atoms with Crippen molar-refractivity contribution in [1.82, 2.24) is 4.90 Å². The van der Waals surface area contributed by atoms with E-state index in [-0.39, 0.29) is 17.9 Å². The molecular weight excluding hydrogens is 252 g/mol. The minimum absolute atomic E-state index is 0.0131. The predicted molar refractivity (Wildman–Crippen MR) is 70.1 cm³/mol. The van der Waals surface area contributed by atoms with Crippen LogP contribution in [0, 0.1) is 0 Å². The van der Waals surface area contributed by atoms with Gasteiger partial charge in [-0.25, -0.2) is 0 Å². The van der Waals surface area contributed by atoms with E-state index < -0.39 is 0 Å². The van der Waals surface area contributed by atoms with Crippen molar-refractivity contribution in [2.45, 2.75) is 19.1 Å². The van der Waals surface area contributed by atoms with Crippen LogP contribution in [-0.4, -0.2) is 30.0 Å². The SMILES string of the molecule is NCc1ccc(C2CCN(C(=O)CCl)CO2)cc1. The van der Waals surface area contributed by atoms with Crippen molar-refractivity contribution in [2.75, 3.05) is 19.2 Å². The van der Waals surface area contributed by atoms with Crippen molar-refractivity contribution < 1.29 is 9.53 Å². The number of halogens is 1. The largest absolute Gasteiger partial charge is 0.353 e. The number of rotatable bonds is 3. The molecule has 0 aliphatic carbocycles. The second-order valence-corrected chi connectivity index (χ2v) is 4.58. The number of carbonyl (C=O) groups excluding carboxylic acids is 1. The van der Waals surface area contributed by atoms with Gasteiger partial charge in [0.1, 0.15) is 12.6 Å². The number of carbonyl (C=O) groups is 1. The van der Waals surface area contributed by atoms with E-state index in [1.807, 2.05) is 24.3 Å². The second kappa shape index (κ2) is 6.18. The Kier molecular flexibility index (Phi) is 4.58. The minimum atomic E-state index is -0.0754. The fraction of sp³-hybridized carbons (Fsp3) is 0.462. The average Bonchev–Trinajstić information content (AvgIpc) is 2.47. The van der Waals surface area contributed by atoms with Gasteiger partial charge in [0.25, 0.3) is 0 Å². The van der Waals surface area contributed by atoms with E-state index in [9.17, 15) is 4.79 Å². The van der Waals surface area contributed by atoms with E-state index in [0.717, 1.165) is 17.5 Å². The van der Waals surface area contributed by atoms with Crippen molar-refractivity contribution in [3.63, 3.8) is 0 Å². The molecule has 0 bridgehead atoms. The number of ether oxygens (including phenoxy) is 1. The van der Waals surface area contributed by atoms with E-state index in [0.29, 0.717) is 19.8 Å². The molecule has 1 aliphatic heterocycles. The van der Waals surface area contributed by atoms with Crippen LogP contribution in [0.1, 0.15) is 23.7 Å². The molecule has 0 saturated carbocycles. The quantitative estimate of drug-likeness (QED) is 0.848. The molecule has 1 saturated heterocycles. The summed E-state index contributed by atoms with van der Waals surface area (Å²) in [6, 6.07) is 8.09. The molecule has 5 heteroatoms. The second-order valence-electron chi connectivity index (χ2n) is 4.31. The van der Waals surface area contributed by atoms with Crippen LogP contribution in [0.25, 0.3) is 0 Å². The molecule has 1 unspecified atom stereocenters. The van der Waals surface area contributed by atoms with Gasteiger partial charge < -0.3 is 15.4 Å². The first-order chi connectivity index (χ1) is 8.74. The van der Waals surface area contributed by atoms with Crippen LogP contribution >= 0.6 is 11.6 Å². The standard InChI is InChI=1S/C13H17ClN2O2/c14-7-13(17)16-6-5-12(18-9-16)11-3-1-10(8-15)2-4-11/h1-4,12H,5-9,15H2. The van der Waals surface area contributed by atoms with E-state index in [1.165, 1.54) is 0 Å². The van der Waals surface area contributed by atoms with Gasteiger partial charge in [0.15, 0.2) is 0 Å². The molecule has 1 fully saturated rings. The first-order valence-electron chi connectivity index (χ1n) is 5.99. The summed E-state index contributed by atoms with van der Waals surface area (Å²) < 4.78 is 5.69. The third kappa shape index (κ3) is 3.02. The van der Waals surface area contributed by atoms with E-state index >= 15 is 0 Å². The highest BCUT2D eigenvalue weighted by molar-refractivity contribution is 6.27. The van der Waals surface area contributed by atoms with Gasteiger partial charge in [0.05, 0.1) is 6.10 Å². The van der Waals surface area contributed by atoms with Gasteiger partial charge in [-0.3, -0.25) is 4.79 Å². The van der Waals surface area contributed by atoms with Gasteiger partial charge in [0, 0.05) is 13.1 Å².